The van der Waals surface area contributed by atoms with Gasteiger partial charge in [0.1, 0.15) is 22.9 Å². The Balaban J connectivity index is 2.39. The Kier molecular flexibility index (Phi) is 8.47. The summed E-state index contributed by atoms with van der Waals surface area (Å²) in [6, 6.07) is 4.67. The third-order valence-electron chi connectivity index (χ3n) is 4.11. The van der Waals surface area contributed by atoms with Crippen LogP contribution in [0.4, 0.5) is 11.4 Å². The van der Waals surface area contributed by atoms with E-state index in [9.17, 15) is 9.59 Å². The lowest BCUT2D eigenvalue weighted by Crippen LogP contribution is -2.32. The molecule has 0 spiro atoms. The van der Waals surface area contributed by atoms with Gasteiger partial charge in [0.05, 0.1) is 38.5 Å². The predicted molar refractivity (Wildman–Crippen MR) is 117 cm³/mol. The molecule has 0 aliphatic heterocycles. The summed E-state index contributed by atoms with van der Waals surface area (Å²) in [7, 11) is 5.72. The maximum absolute atomic E-state index is 12.8. The topological polar surface area (TPSA) is 108 Å². The number of methoxy groups -OCH3 is 4. The second kappa shape index (κ2) is 10.8. The Hall–Kier alpha value is -3.04. The number of benzene rings is 2. The standard InChI is InChI=1S/C20H21Cl2N3O6/c1-10(26)16(24-25-18-12(21)6-7-14(29-3)19(18)31-5)20(27)23-17-13(22)8-11(28-2)9-15(17)30-4/h6-9,16H,1-5H3,(H,23,27). The zero-order valence-electron chi connectivity index (χ0n) is 17.5. The molecule has 0 fully saturated rings. The highest BCUT2D eigenvalue weighted by atomic mass is 35.5. The lowest BCUT2D eigenvalue weighted by molar-refractivity contribution is -0.126. The highest BCUT2D eigenvalue weighted by Crippen LogP contribution is 2.43. The van der Waals surface area contributed by atoms with E-state index in [-0.39, 0.29) is 32.9 Å². The third-order valence-corrected chi connectivity index (χ3v) is 4.71. The molecule has 1 amide bonds. The molecule has 0 radical (unpaired) electrons. The van der Waals surface area contributed by atoms with Gasteiger partial charge in [0, 0.05) is 12.1 Å². The molecule has 0 heterocycles. The summed E-state index contributed by atoms with van der Waals surface area (Å²) in [5.74, 6) is -0.0694. The van der Waals surface area contributed by atoms with E-state index in [1.54, 1.807) is 6.07 Å². The van der Waals surface area contributed by atoms with E-state index in [1.165, 1.54) is 53.6 Å². The molecule has 1 unspecified atom stereocenters. The zero-order chi connectivity index (χ0) is 23.1. The number of azo groups is 1. The quantitative estimate of drug-likeness (QED) is 0.420. The van der Waals surface area contributed by atoms with Crippen LogP contribution in [0.15, 0.2) is 34.5 Å². The van der Waals surface area contributed by atoms with Crippen molar-refractivity contribution in [2.24, 2.45) is 10.2 Å². The van der Waals surface area contributed by atoms with Crippen molar-refractivity contribution in [3.8, 4) is 23.0 Å². The first kappa shape index (κ1) is 24.2. The fourth-order valence-electron chi connectivity index (χ4n) is 2.56. The number of halogens is 2. The number of hydrogen-bond acceptors (Lipinski definition) is 8. The van der Waals surface area contributed by atoms with Crippen LogP contribution in [0.25, 0.3) is 0 Å². The average Bonchev–Trinajstić information content (AvgIpc) is 2.75. The van der Waals surface area contributed by atoms with Crippen molar-refractivity contribution in [1.82, 2.24) is 0 Å². The summed E-state index contributed by atoms with van der Waals surface area (Å²) in [5.41, 5.74) is 0.274. The van der Waals surface area contributed by atoms with Crippen LogP contribution in [0, 0.1) is 0 Å². The van der Waals surface area contributed by atoms with Gasteiger partial charge in [0.15, 0.2) is 17.3 Å². The number of nitrogens with zero attached hydrogens (tertiary/aromatic N) is 2. The molecule has 1 atom stereocenters. The normalized spacial score (nSPS) is 11.7. The average molecular weight is 470 g/mol. The van der Waals surface area contributed by atoms with Crippen molar-refractivity contribution in [2.45, 2.75) is 13.0 Å². The first-order valence-corrected chi connectivity index (χ1v) is 9.57. The Morgan fingerprint density at radius 3 is 2.16 bits per heavy atom. The molecular weight excluding hydrogens is 449 g/mol. The Morgan fingerprint density at radius 1 is 0.935 bits per heavy atom. The second-order valence-corrected chi connectivity index (χ2v) is 6.85. The molecule has 2 aromatic rings. The van der Waals surface area contributed by atoms with Crippen molar-refractivity contribution in [2.75, 3.05) is 33.8 Å². The summed E-state index contributed by atoms with van der Waals surface area (Å²) >= 11 is 12.4. The van der Waals surface area contributed by atoms with Crippen molar-refractivity contribution in [1.29, 1.82) is 0 Å². The molecule has 0 saturated carbocycles. The van der Waals surface area contributed by atoms with Crippen LogP contribution in [0.5, 0.6) is 23.0 Å². The number of carbonyl (C=O) groups is 2. The molecular formula is C20H21Cl2N3O6. The van der Waals surface area contributed by atoms with Gasteiger partial charge in [-0.1, -0.05) is 23.2 Å². The number of carbonyl (C=O) groups excluding carboxylic acids is 2. The third kappa shape index (κ3) is 5.56. The van der Waals surface area contributed by atoms with Gasteiger partial charge in [-0.25, -0.2) is 0 Å². The SMILES string of the molecule is COc1cc(Cl)c(NC(=O)C(N=Nc2c(Cl)ccc(OC)c2OC)C(C)=O)c(OC)c1. The Morgan fingerprint density at radius 2 is 1.61 bits per heavy atom. The smallest absolute Gasteiger partial charge is 0.258 e. The summed E-state index contributed by atoms with van der Waals surface area (Å²) in [4.78, 5) is 24.9. The predicted octanol–water partition coefficient (Wildman–Crippen LogP) is 4.71. The van der Waals surface area contributed by atoms with Gasteiger partial charge < -0.3 is 24.3 Å². The fraction of sp³-hybridized carbons (Fsp3) is 0.300. The molecule has 31 heavy (non-hydrogen) atoms. The van der Waals surface area contributed by atoms with Crippen molar-refractivity contribution >= 4 is 46.3 Å². The first-order valence-electron chi connectivity index (χ1n) is 8.81. The van der Waals surface area contributed by atoms with Gasteiger partial charge in [-0.05, 0) is 19.1 Å². The number of amides is 1. The second-order valence-electron chi connectivity index (χ2n) is 6.04. The highest BCUT2D eigenvalue weighted by Gasteiger charge is 2.26. The molecule has 0 bridgehead atoms. The summed E-state index contributed by atoms with van der Waals surface area (Å²) in [5, 5.41) is 10.8. The molecule has 2 rings (SSSR count). The lowest BCUT2D eigenvalue weighted by atomic mass is 10.2. The molecule has 166 valence electrons. The number of nitrogens with one attached hydrogen (secondary N) is 1. The van der Waals surface area contributed by atoms with Crippen LogP contribution >= 0.6 is 23.2 Å². The molecule has 0 aliphatic carbocycles. The molecule has 0 aliphatic rings. The van der Waals surface area contributed by atoms with E-state index in [2.05, 4.69) is 15.5 Å². The van der Waals surface area contributed by atoms with Crippen LogP contribution in [0.3, 0.4) is 0 Å². The van der Waals surface area contributed by atoms with Gasteiger partial charge >= 0.3 is 0 Å². The van der Waals surface area contributed by atoms with Crippen molar-refractivity contribution in [3.05, 3.63) is 34.3 Å². The molecule has 1 N–H and O–H groups in total. The summed E-state index contributed by atoms with van der Waals surface area (Å²) in [6.45, 7) is 1.21. The van der Waals surface area contributed by atoms with Crippen LogP contribution in [-0.2, 0) is 9.59 Å². The molecule has 11 heteroatoms. The minimum Gasteiger partial charge on any atom is -0.497 e. The van der Waals surface area contributed by atoms with E-state index in [1.807, 2.05) is 0 Å². The minimum absolute atomic E-state index is 0.114. The van der Waals surface area contributed by atoms with Crippen molar-refractivity contribution < 1.29 is 28.5 Å². The molecule has 2 aromatic carbocycles. The van der Waals surface area contributed by atoms with E-state index in [4.69, 9.17) is 42.1 Å². The van der Waals surface area contributed by atoms with Gasteiger partial charge in [0.25, 0.3) is 5.91 Å². The van der Waals surface area contributed by atoms with E-state index in [0.29, 0.717) is 11.5 Å². The van der Waals surface area contributed by atoms with Crippen LogP contribution in [0.2, 0.25) is 10.0 Å². The number of ketones is 1. The van der Waals surface area contributed by atoms with E-state index in [0.717, 1.165) is 0 Å². The summed E-state index contributed by atoms with van der Waals surface area (Å²) in [6.07, 6.45) is 0. The lowest BCUT2D eigenvalue weighted by Gasteiger charge is -2.15. The number of rotatable bonds is 9. The van der Waals surface area contributed by atoms with Crippen molar-refractivity contribution in [3.63, 3.8) is 0 Å². The maximum atomic E-state index is 12.8. The Labute approximate surface area is 189 Å². The zero-order valence-corrected chi connectivity index (χ0v) is 19.0. The summed E-state index contributed by atoms with van der Waals surface area (Å²) < 4.78 is 20.8. The highest BCUT2D eigenvalue weighted by molar-refractivity contribution is 6.34. The number of hydrogen-bond donors (Lipinski definition) is 1. The van der Waals surface area contributed by atoms with Crippen LogP contribution in [-0.4, -0.2) is 46.2 Å². The van der Waals surface area contributed by atoms with Gasteiger partial charge in [-0.2, -0.15) is 5.11 Å². The fourth-order valence-corrected chi connectivity index (χ4v) is 3.00. The molecule has 0 saturated heterocycles. The van der Waals surface area contributed by atoms with Gasteiger partial charge in [0.2, 0.25) is 6.04 Å². The largest absolute Gasteiger partial charge is 0.497 e. The number of anilines is 1. The number of Topliss-reactive ketones (excluding diaryl/α,β-unsaturated/α-hetero) is 1. The van der Waals surface area contributed by atoms with Gasteiger partial charge in [-0.3, -0.25) is 9.59 Å². The first-order chi connectivity index (χ1) is 14.8. The van der Waals surface area contributed by atoms with Crippen LogP contribution in [0.1, 0.15) is 6.92 Å². The maximum Gasteiger partial charge on any atom is 0.258 e. The number of ether oxygens (including phenoxy) is 4. The molecule has 9 nitrogen and oxygen atoms in total. The van der Waals surface area contributed by atoms with Gasteiger partial charge in [-0.15, -0.1) is 5.11 Å². The van der Waals surface area contributed by atoms with E-state index < -0.39 is 17.7 Å². The van der Waals surface area contributed by atoms with E-state index >= 15 is 0 Å². The Bertz CT molecular complexity index is 1010. The van der Waals surface area contributed by atoms with Crippen LogP contribution < -0.4 is 24.3 Å². The monoisotopic (exact) mass is 469 g/mol. The molecule has 0 aromatic heterocycles. The minimum atomic E-state index is -1.48.